The Bertz CT molecular complexity index is 631. The SMILES string of the molecule is CCNC(Cc1ccc(Br)cc1F)c1cc(F)ccc1F. The first-order valence-electron chi connectivity index (χ1n) is 6.63. The van der Waals surface area contributed by atoms with Crippen molar-refractivity contribution in [2.45, 2.75) is 19.4 Å². The van der Waals surface area contributed by atoms with Crippen molar-refractivity contribution in [3.05, 3.63) is 69.4 Å². The summed E-state index contributed by atoms with van der Waals surface area (Å²) in [5.41, 5.74) is 0.659. The number of nitrogens with one attached hydrogen (secondary N) is 1. The molecule has 112 valence electrons. The van der Waals surface area contributed by atoms with Gasteiger partial charge in [-0.15, -0.1) is 0 Å². The van der Waals surface area contributed by atoms with E-state index in [1.54, 1.807) is 12.1 Å². The smallest absolute Gasteiger partial charge is 0.128 e. The van der Waals surface area contributed by atoms with E-state index in [9.17, 15) is 13.2 Å². The van der Waals surface area contributed by atoms with E-state index in [0.29, 0.717) is 16.6 Å². The summed E-state index contributed by atoms with van der Waals surface area (Å²) in [7, 11) is 0. The molecule has 0 aromatic heterocycles. The molecular formula is C16H15BrF3N. The first kappa shape index (κ1) is 16.0. The molecule has 21 heavy (non-hydrogen) atoms. The maximum Gasteiger partial charge on any atom is 0.128 e. The van der Waals surface area contributed by atoms with Gasteiger partial charge in [0.25, 0.3) is 0 Å². The molecule has 0 saturated carbocycles. The Morgan fingerprint density at radius 2 is 1.81 bits per heavy atom. The minimum Gasteiger partial charge on any atom is -0.310 e. The van der Waals surface area contributed by atoms with E-state index in [0.717, 1.165) is 18.2 Å². The molecule has 0 fully saturated rings. The molecule has 1 N–H and O–H groups in total. The van der Waals surface area contributed by atoms with Gasteiger partial charge in [0.2, 0.25) is 0 Å². The Labute approximate surface area is 130 Å². The van der Waals surface area contributed by atoms with Gasteiger partial charge in [-0.1, -0.05) is 28.9 Å². The van der Waals surface area contributed by atoms with Crippen molar-refractivity contribution in [1.29, 1.82) is 0 Å². The second-order valence-corrected chi connectivity index (χ2v) is 5.63. The molecule has 0 saturated heterocycles. The Morgan fingerprint density at radius 3 is 2.48 bits per heavy atom. The van der Waals surface area contributed by atoms with Crippen LogP contribution in [0.15, 0.2) is 40.9 Å². The van der Waals surface area contributed by atoms with Crippen molar-refractivity contribution < 1.29 is 13.2 Å². The topological polar surface area (TPSA) is 12.0 Å². The summed E-state index contributed by atoms with van der Waals surface area (Å²) in [6.45, 7) is 2.43. The molecule has 0 bridgehead atoms. The van der Waals surface area contributed by atoms with Gasteiger partial charge < -0.3 is 5.32 Å². The van der Waals surface area contributed by atoms with E-state index in [-0.39, 0.29) is 17.8 Å². The molecule has 0 spiro atoms. The van der Waals surface area contributed by atoms with Crippen LogP contribution in [0.3, 0.4) is 0 Å². The van der Waals surface area contributed by atoms with Crippen LogP contribution in [0, 0.1) is 17.5 Å². The zero-order valence-electron chi connectivity index (χ0n) is 11.5. The van der Waals surface area contributed by atoms with Crippen LogP contribution in [-0.4, -0.2) is 6.54 Å². The lowest BCUT2D eigenvalue weighted by molar-refractivity contribution is 0.492. The predicted octanol–water partition coefficient (Wildman–Crippen LogP) is 4.76. The third kappa shape index (κ3) is 4.08. The fraction of sp³-hybridized carbons (Fsp3) is 0.250. The van der Waals surface area contributed by atoms with Gasteiger partial charge in [-0.3, -0.25) is 0 Å². The number of likely N-dealkylation sites (N-methyl/N-ethyl adjacent to an activating group) is 1. The Morgan fingerprint density at radius 1 is 1.05 bits per heavy atom. The molecule has 0 aliphatic carbocycles. The molecule has 0 radical (unpaired) electrons. The lowest BCUT2D eigenvalue weighted by atomic mass is 9.98. The van der Waals surface area contributed by atoms with Gasteiger partial charge in [0.05, 0.1) is 0 Å². The zero-order valence-corrected chi connectivity index (χ0v) is 13.1. The molecule has 2 aromatic carbocycles. The minimum atomic E-state index is -0.509. The third-order valence-corrected chi connectivity index (χ3v) is 3.72. The van der Waals surface area contributed by atoms with Gasteiger partial charge >= 0.3 is 0 Å². The van der Waals surface area contributed by atoms with Gasteiger partial charge in [0.15, 0.2) is 0 Å². The van der Waals surface area contributed by atoms with Crippen molar-refractivity contribution in [2.75, 3.05) is 6.54 Å². The first-order valence-corrected chi connectivity index (χ1v) is 7.42. The van der Waals surface area contributed by atoms with E-state index < -0.39 is 17.7 Å². The Kier molecular flexibility index (Phi) is 5.42. The largest absolute Gasteiger partial charge is 0.310 e. The Balaban J connectivity index is 2.32. The van der Waals surface area contributed by atoms with Crippen molar-refractivity contribution in [3.63, 3.8) is 0 Å². The van der Waals surface area contributed by atoms with E-state index >= 15 is 0 Å². The van der Waals surface area contributed by atoms with Gasteiger partial charge in [0, 0.05) is 16.1 Å². The summed E-state index contributed by atoms with van der Waals surface area (Å²) in [6, 6.07) is 7.56. The van der Waals surface area contributed by atoms with Crippen LogP contribution in [0.2, 0.25) is 0 Å². The fourth-order valence-electron chi connectivity index (χ4n) is 2.23. The fourth-order valence-corrected chi connectivity index (χ4v) is 2.56. The van der Waals surface area contributed by atoms with Crippen LogP contribution in [0.5, 0.6) is 0 Å². The normalized spacial score (nSPS) is 12.4. The zero-order chi connectivity index (χ0) is 15.4. The van der Waals surface area contributed by atoms with Gasteiger partial charge in [0.1, 0.15) is 17.5 Å². The Hall–Kier alpha value is -1.33. The van der Waals surface area contributed by atoms with Crippen molar-refractivity contribution >= 4 is 15.9 Å². The van der Waals surface area contributed by atoms with E-state index in [1.165, 1.54) is 6.07 Å². The number of rotatable bonds is 5. The summed E-state index contributed by atoms with van der Waals surface area (Å²) in [5.74, 6) is -1.38. The second-order valence-electron chi connectivity index (χ2n) is 4.72. The van der Waals surface area contributed by atoms with Crippen LogP contribution in [0.4, 0.5) is 13.2 Å². The quantitative estimate of drug-likeness (QED) is 0.813. The average Bonchev–Trinajstić information content (AvgIpc) is 2.44. The van der Waals surface area contributed by atoms with Gasteiger partial charge in [-0.05, 0) is 48.9 Å². The molecule has 1 nitrogen and oxygen atoms in total. The predicted molar refractivity (Wildman–Crippen MR) is 80.6 cm³/mol. The van der Waals surface area contributed by atoms with Gasteiger partial charge in [-0.25, -0.2) is 13.2 Å². The standard InChI is InChI=1S/C16H15BrF3N/c1-2-21-16(13-9-12(18)5-6-14(13)19)7-10-3-4-11(17)8-15(10)20/h3-6,8-9,16,21H,2,7H2,1H3. The monoisotopic (exact) mass is 357 g/mol. The maximum atomic E-state index is 13.9. The van der Waals surface area contributed by atoms with Gasteiger partial charge in [-0.2, -0.15) is 0 Å². The van der Waals surface area contributed by atoms with Crippen molar-refractivity contribution in [2.24, 2.45) is 0 Å². The van der Waals surface area contributed by atoms with Crippen LogP contribution in [0.25, 0.3) is 0 Å². The summed E-state index contributed by atoms with van der Waals surface area (Å²) < 4.78 is 41.8. The second kappa shape index (κ2) is 7.09. The molecule has 1 atom stereocenters. The van der Waals surface area contributed by atoms with Crippen LogP contribution < -0.4 is 5.32 Å². The molecule has 0 heterocycles. The molecule has 0 aliphatic heterocycles. The highest BCUT2D eigenvalue weighted by atomic mass is 79.9. The number of halogens is 4. The minimum absolute atomic E-state index is 0.208. The molecule has 2 aromatic rings. The highest BCUT2D eigenvalue weighted by molar-refractivity contribution is 9.10. The molecule has 0 aliphatic rings. The highest BCUT2D eigenvalue weighted by Crippen LogP contribution is 2.25. The van der Waals surface area contributed by atoms with E-state index in [4.69, 9.17) is 0 Å². The summed E-state index contributed by atoms with van der Waals surface area (Å²) in [6.07, 6.45) is 0.243. The first-order chi connectivity index (χ1) is 10.0. The summed E-state index contributed by atoms with van der Waals surface area (Å²) in [5, 5.41) is 3.07. The lowest BCUT2D eigenvalue weighted by Crippen LogP contribution is -2.24. The lowest BCUT2D eigenvalue weighted by Gasteiger charge is -2.19. The summed E-state index contributed by atoms with van der Waals surface area (Å²) >= 11 is 3.19. The molecule has 2 rings (SSSR count). The number of hydrogen-bond donors (Lipinski definition) is 1. The third-order valence-electron chi connectivity index (χ3n) is 3.22. The number of hydrogen-bond acceptors (Lipinski definition) is 1. The molecule has 5 heteroatoms. The van der Waals surface area contributed by atoms with E-state index in [2.05, 4.69) is 21.2 Å². The van der Waals surface area contributed by atoms with Crippen molar-refractivity contribution in [1.82, 2.24) is 5.32 Å². The number of benzene rings is 2. The molecule has 0 amide bonds. The molecular weight excluding hydrogens is 343 g/mol. The highest BCUT2D eigenvalue weighted by Gasteiger charge is 2.18. The molecule has 1 unspecified atom stereocenters. The van der Waals surface area contributed by atoms with Crippen LogP contribution in [-0.2, 0) is 6.42 Å². The van der Waals surface area contributed by atoms with Crippen molar-refractivity contribution in [3.8, 4) is 0 Å². The maximum absolute atomic E-state index is 13.9. The van der Waals surface area contributed by atoms with Crippen LogP contribution >= 0.6 is 15.9 Å². The summed E-state index contributed by atoms with van der Waals surface area (Å²) in [4.78, 5) is 0. The van der Waals surface area contributed by atoms with E-state index in [1.807, 2.05) is 6.92 Å². The average molecular weight is 358 g/mol. The van der Waals surface area contributed by atoms with Crippen LogP contribution in [0.1, 0.15) is 24.1 Å².